The van der Waals surface area contributed by atoms with Gasteiger partial charge in [-0.2, -0.15) is 5.10 Å². The Labute approximate surface area is 133 Å². The van der Waals surface area contributed by atoms with E-state index >= 15 is 0 Å². The molecule has 2 aromatic rings. The molecule has 0 unspecified atom stereocenters. The summed E-state index contributed by atoms with van der Waals surface area (Å²) in [4.78, 5) is 0. The Bertz CT molecular complexity index is 583. The van der Waals surface area contributed by atoms with E-state index in [0.29, 0.717) is 6.54 Å². The fourth-order valence-corrected chi connectivity index (χ4v) is 3.08. The molecule has 1 aromatic heterocycles. The Morgan fingerprint density at radius 2 is 2.22 bits per heavy atom. The summed E-state index contributed by atoms with van der Waals surface area (Å²) in [5, 5.41) is 8.41. The molecule has 0 saturated carbocycles. The topological polar surface area (TPSA) is 29.9 Å². The van der Waals surface area contributed by atoms with Crippen LogP contribution in [0.25, 0.3) is 0 Å². The van der Waals surface area contributed by atoms with E-state index < -0.39 is 0 Å². The molecule has 6 heteroatoms. The number of aryl methyl sites for hydroxylation is 2. The molecule has 0 spiro atoms. The van der Waals surface area contributed by atoms with Gasteiger partial charge in [0.15, 0.2) is 0 Å². The fourth-order valence-electron chi connectivity index (χ4n) is 1.68. The largest absolute Gasteiger partial charge is 0.378 e. The molecule has 0 aliphatic rings. The van der Waals surface area contributed by atoms with Gasteiger partial charge in [0.25, 0.3) is 0 Å². The molecule has 3 nitrogen and oxygen atoms in total. The van der Waals surface area contributed by atoms with Crippen LogP contribution in [0.2, 0.25) is 5.02 Å². The van der Waals surface area contributed by atoms with Crippen molar-refractivity contribution < 1.29 is 0 Å². The normalized spacial score (nSPS) is 10.7. The molecule has 0 amide bonds. The summed E-state index contributed by atoms with van der Waals surface area (Å²) in [5.74, 6) is 0. The molecule has 0 aliphatic heterocycles. The van der Waals surface area contributed by atoms with Crippen molar-refractivity contribution in [2.24, 2.45) is 7.05 Å². The average Bonchev–Trinajstić information content (AvgIpc) is 2.53. The third-order valence-corrected chi connectivity index (χ3v) is 4.65. The quantitative estimate of drug-likeness (QED) is 0.719. The van der Waals surface area contributed by atoms with Crippen LogP contribution in [0.3, 0.4) is 0 Å². The maximum Gasteiger partial charge on any atom is 0.0739 e. The summed E-state index contributed by atoms with van der Waals surface area (Å²) in [6.07, 6.45) is 0. The number of aromatic nitrogens is 2. The van der Waals surface area contributed by atoms with Gasteiger partial charge in [0.05, 0.1) is 33.1 Å². The summed E-state index contributed by atoms with van der Waals surface area (Å²) >= 11 is 12.0. The lowest BCUT2D eigenvalue weighted by atomic mass is 10.3. The first-order chi connectivity index (χ1) is 8.49. The molecule has 0 saturated heterocycles. The molecule has 96 valence electrons. The standard InChI is InChI=1S/C12H12BrClIN3/c1-7-12(13)11(18(2)17-7)6-16-10-4-3-8(15)5-9(10)14/h3-5,16H,6H2,1-2H3. The summed E-state index contributed by atoms with van der Waals surface area (Å²) in [7, 11) is 1.93. The van der Waals surface area contributed by atoms with Gasteiger partial charge in [-0.15, -0.1) is 0 Å². The molecule has 0 atom stereocenters. The van der Waals surface area contributed by atoms with Crippen LogP contribution >= 0.6 is 50.1 Å². The van der Waals surface area contributed by atoms with Crippen molar-refractivity contribution >= 4 is 55.8 Å². The van der Waals surface area contributed by atoms with Crippen molar-refractivity contribution in [1.29, 1.82) is 0 Å². The molecule has 1 N–H and O–H groups in total. The maximum atomic E-state index is 6.18. The van der Waals surface area contributed by atoms with Crippen molar-refractivity contribution in [2.45, 2.75) is 13.5 Å². The summed E-state index contributed by atoms with van der Waals surface area (Å²) < 4.78 is 4.03. The molecular formula is C12H12BrClIN3. The Morgan fingerprint density at radius 1 is 1.50 bits per heavy atom. The number of rotatable bonds is 3. The minimum absolute atomic E-state index is 0.679. The average molecular weight is 441 g/mol. The zero-order chi connectivity index (χ0) is 13.3. The monoisotopic (exact) mass is 439 g/mol. The highest BCUT2D eigenvalue weighted by Crippen LogP contribution is 2.26. The van der Waals surface area contributed by atoms with Crippen molar-refractivity contribution in [2.75, 3.05) is 5.32 Å². The highest BCUT2D eigenvalue weighted by molar-refractivity contribution is 14.1. The Kier molecular flexibility index (Phi) is 4.55. The molecule has 0 bridgehead atoms. The van der Waals surface area contributed by atoms with Gasteiger partial charge in [0.2, 0.25) is 0 Å². The molecular weight excluding hydrogens is 428 g/mol. The molecule has 0 fully saturated rings. The second-order valence-corrected chi connectivity index (χ2v) is 6.39. The van der Waals surface area contributed by atoms with Crippen LogP contribution in [0.15, 0.2) is 22.7 Å². The van der Waals surface area contributed by atoms with E-state index in [1.807, 2.05) is 36.9 Å². The lowest BCUT2D eigenvalue weighted by molar-refractivity contribution is 0.712. The van der Waals surface area contributed by atoms with Crippen LogP contribution in [0.1, 0.15) is 11.4 Å². The second kappa shape index (κ2) is 5.79. The van der Waals surface area contributed by atoms with E-state index in [-0.39, 0.29) is 0 Å². The minimum Gasteiger partial charge on any atom is -0.378 e. The van der Waals surface area contributed by atoms with Gasteiger partial charge in [0, 0.05) is 10.6 Å². The van der Waals surface area contributed by atoms with Crippen molar-refractivity contribution in [3.63, 3.8) is 0 Å². The lowest BCUT2D eigenvalue weighted by Gasteiger charge is -2.09. The molecule has 0 radical (unpaired) electrons. The zero-order valence-corrected chi connectivity index (χ0v) is 14.5. The number of anilines is 1. The van der Waals surface area contributed by atoms with Gasteiger partial charge in [0.1, 0.15) is 0 Å². The number of hydrogen-bond donors (Lipinski definition) is 1. The predicted octanol–water partition coefficient (Wildman–Crippen LogP) is 4.36. The van der Waals surface area contributed by atoms with E-state index in [2.05, 4.69) is 48.9 Å². The van der Waals surface area contributed by atoms with Gasteiger partial charge in [-0.3, -0.25) is 4.68 Å². The smallest absolute Gasteiger partial charge is 0.0739 e. The van der Waals surface area contributed by atoms with E-state index in [1.54, 1.807) is 0 Å². The van der Waals surface area contributed by atoms with Gasteiger partial charge in [-0.1, -0.05) is 11.6 Å². The summed E-state index contributed by atoms with van der Waals surface area (Å²) in [5.41, 5.74) is 3.02. The van der Waals surface area contributed by atoms with Gasteiger partial charge >= 0.3 is 0 Å². The molecule has 1 heterocycles. The van der Waals surface area contributed by atoms with Crippen LogP contribution in [-0.4, -0.2) is 9.78 Å². The minimum atomic E-state index is 0.679. The number of hydrogen-bond acceptors (Lipinski definition) is 2. The van der Waals surface area contributed by atoms with E-state index in [9.17, 15) is 0 Å². The van der Waals surface area contributed by atoms with Crippen LogP contribution in [-0.2, 0) is 13.6 Å². The Morgan fingerprint density at radius 3 is 2.78 bits per heavy atom. The molecule has 18 heavy (non-hydrogen) atoms. The molecule has 0 aliphatic carbocycles. The highest BCUT2D eigenvalue weighted by Gasteiger charge is 2.10. The first-order valence-corrected chi connectivity index (χ1v) is 7.61. The van der Waals surface area contributed by atoms with Crippen LogP contribution in [0, 0.1) is 10.5 Å². The third kappa shape index (κ3) is 3.00. The number of nitrogens with one attached hydrogen (secondary N) is 1. The predicted molar refractivity (Wildman–Crippen MR) is 87.1 cm³/mol. The summed E-state index contributed by atoms with van der Waals surface area (Å²) in [6, 6.07) is 5.95. The summed E-state index contributed by atoms with van der Waals surface area (Å²) in [6.45, 7) is 2.66. The zero-order valence-electron chi connectivity index (χ0n) is 9.97. The van der Waals surface area contributed by atoms with Crippen LogP contribution in [0.4, 0.5) is 5.69 Å². The Balaban J connectivity index is 2.16. The fraction of sp³-hybridized carbons (Fsp3) is 0.250. The number of nitrogens with zero attached hydrogens (tertiary/aromatic N) is 2. The molecule has 1 aromatic carbocycles. The van der Waals surface area contributed by atoms with Gasteiger partial charge in [-0.05, 0) is 63.6 Å². The van der Waals surface area contributed by atoms with Crippen LogP contribution < -0.4 is 5.32 Å². The number of benzene rings is 1. The van der Waals surface area contributed by atoms with Gasteiger partial charge < -0.3 is 5.32 Å². The van der Waals surface area contributed by atoms with Crippen molar-refractivity contribution in [3.8, 4) is 0 Å². The van der Waals surface area contributed by atoms with Crippen molar-refractivity contribution in [1.82, 2.24) is 9.78 Å². The maximum absolute atomic E-state index is 6.18. The van der Waals surface area contributed by atoms with E-state index in [0.717, 1.165) is 30.1 Å². The van der Waals surface area contributed by atoms with Crippen LogP contribution in [0.5, 0.6) is 0 Å². The van der Waals surface area contributed by atoms with E-state index in [1.165, 1.54) is 0 Å². The first-order valence-electron chi connectivity index (χ1n) is 5.36. The van der Waals surface area contributed by atoms with Gasteiger partial charge in [-0.25, -0.2) is 0 Å². The number of halogens is 3. The Hall–Kier alpha value is -0.270. The second-order valence-electron chi connectivity index (χ2n) is 3.95. The first kappa shape index (κ1) is 14.1. The third-order valence-electron chi connectivity index (χ3n) is 2.64. The van der Waals surface area contributed by atoms with E-state index in [4.69, 9.17) is 11.6 Å². The highest BCUT2D eigenvalue weighted by atomic mass is 127. The molecule has 2 rings (SSSR count). The lowest BCUT2D eigenvalue weighted by Crippen LogP contribution is -2.06. The van der Waals surface area contributed by atoms with Crippen molar-refractivity contribution in [3.05, 3.63) is 42.7 Å². The SMILES string of the molecule is Cc1nn(C)c(CNc2ccc(I)cc2Cl)c1Br.